The van der Waals surface area contributed by atoms with Crippen LogP contribution in [0.3, 0.4) is 0 Å². The van der Waals surface area contributed by atoms with Crippen molar-refractivity contribution >= 4 is 11.8 Å². The number of rotatable bonds is 8. The minimum atomic E-state index is 0.508. The molecule has 2 aromatic carbocycles. The van der Waals surface area contributed by atoms with Crippen molar-refractivity contribution in [3.63, 3.8) is 0 Å². The summed E-state index contributed by atoms with van der Waals surface area (Å²) in [5, 5.41) is 0. The molecule has 2 aromatic rings. The molecule has 0 aliphatic heterocycles. The standard InChI is InChI=1S/C21H27NO/c1-4-9-18(2)22(20-13-15-21(23-3)16-14-20)17-8-12-19-10-6-5-7-11-19/h5-8,10-16,18H,4,9,17H2,1-3H3/b12-8+. The molecule has 0 spiro atoms. The van der Waals surface area contributed by atoms with Crippen molar-refractivity contribution in [2.45, 2.75) is 32.7 Å². The van der Waals surface area contributed by atoms with Crippen LogP contribution in [0, 0.1) is 0 Å². The van der Waals surface area contributed by atoms with Gasteiger partial charge >= 0.3 is 0 Å². The molecule has 2 nitrogen and oxygen atoms in total. The third-order valence-electron chi connectivity index (χ3n) is 4.05. The smallest absolute Gasteiger partial charge is 0.119 e. The topological polar surface area (TPSA) is 12.5 Å². The van der Waals surface area contributed by atoms with E-state index in [1.54, 1.807) is 7.11 Å². The summed E-state index contributed by atoms with van der Waals surface area (Å²) in [6, 6.07) is 19.3. The number of hydrogen-bond acceptors (Lipinski definition) is 2. The molecule has 0 aliphatic rings. The highest BCUT2D eigenvalue weighted by molar-refractivity contribution is 5.53. The molecular formula is C21H27NO. The summed E-state index contributed by atoms with van der Waals surface area (Å²) in [7, 11) is 1.70. The SMILES string of the molecule is CCCC(C)N(C/C=C/c1ccccc1)c1ccc(OC)cc1. The maximum Gasteiger partial charge on any atom is 0.119 e. The summed E-state index contributed by atoms with van der Waals surface area (Å²) in [5.41, 5.74) is 2.48. The molecule has 0 fully saturated rings. The van der Waals surface area contributed by atoms with Crippen molar-refractivity contribution in [1.82, 2.24) is 0 Å². The number of methoxy groups -OCH3 is 1. The molecule has 0 amide bonds. The number of benzene rings is 2. The van der Waals surface area contributed by atoms with E-state index >= 15 is 0 Å². The van der Waals surface area contributed by atoms with Gasteiger partial charge in [0.2, 0.25) is 0 Å². The molecule has 0 heterocycles. The summed E-state index contributed by atoms with van der Waals surface area (Å²) in [5.74, 6) is 0.900. The highest BCUT2D eigenvalue weighted by Crippen LogP contribution is 2.22. The van der Waals surface area contributed by atoms with E-state index in [-0.39, 0.29) is 0 Å². The predicted octanol–water partition coefficient (Wildman–Crippen LogP) is 5.40. The van der Waals surface area contributed by atoms with E-state index in [0.29, 0.717) is 6.04 Å². The molecule has 122 valence electrons. The highest BCUT2D eigenvalue weighted by atomic mass is 16.5. The van der Waals surface area contributed by atoms with E-state index in [4.69, 9.17) is 4.74 Å². The van der Waals surface area contributed by atoms with Crippen molar-refractivity contribution in [3.8, 4) is 5.75 Å². The fraction of sp³-hybridized carbons (Fsp3) is 0.333. The van der Waals surface area contributed by atoms with Crippen molar-refractivity contribution in [3.05, 3.63) is 66.2 Å². The Bertz CT molecular complexity index is 589. The number of hydrogen-bond donors (Lipinski definition) is 0. The molecule has 2 rings (SSSR count). The minimum absolute atomic E-state index is 0.508. The van der Waals surface area contributed by atoms with Gasteiger partial charge in [0, 0.05) is 18.3 Å². The molecule has 1 unspecified atom stereocenters. The maximum absolute atomic E-state index is 5.26. The molecule has 0 aliphatic carbocycles. The van der Waals surface area contributed by atoms with Crippen LogP contribution >= 0.6 is 0 Å². The molecule has 0 bridgehead atoms. The first-order chi connectivity index (χ1) is 11.2. The fourth-order valence-electron chi connectivity index (χ4n) is 2.75. The third-order valence-corrected chi connectivity index (χ3v) is 4.05. The van der Waals surface area contributed by atoms with E-state index in [2.05, 4.69) is 67.3 Å². The van der Waals surface area contributed by atoms with Crippen LogP contribution in [0.2, 0.25) is 0 Å². The normalized spacial score (nSPS) is 12.3. The molecule has 0 saturated carbocycles. The van der Waals surface area contributed by atoms with Crippen LogP contribution in [0.15, 0.2) is 60.7 Å². The summed E-state index contributed by atoms with van der Waals surface area (Å²) >= 11 is 0. The van der Waals surface area contributed by atoms with Crippen molar-refractivity contribution in [1.29, 1.82) is 0 Å². The molecule has 0 saturated heterocycles. The van der Waals surface area contributed by atoms with Gasteiger partial charge in [0.1, 0.15) is 5.75 Å². The molecule has 2 heteroatoms. The zero-order valence-electron chi connectivity index (χ0n) is 14.4. The lowest BCUT2D eigenvalue weighted by molar-refractivity contribution is 0.414. The fourth-order valence-corrected chi connectivity index (χ4v) is 2.75. The van der Waals surface area contributed by atoms with Gasteiger partial charge in [-0.1, -0.05) is 55.8 Å². The minimum Gasteiger partial charge on any atom is -0.497 e. The van der Waals surface area contributed by atoms with Crippen LogP contribution in [-0.2, 0) is 0 Å². The van der Waals surface area contributed by atoms with Crippen LogP contribution < -0.4 is 9.64 Å². The molecule has 0 aromatic heterocycles. The van der Waals surface area contributed by atoms with E-state index in [9.17, 15) is 0 Å². The summed E-state index contributed by atoms with van der Waals surface area (Å²) in [6.07, 6.45) is 6.81. The molecule has 0 N–H and O–H groups in total. The van der Waals surface area contributed by atoms with Gasteiger partial charge in [-0.05, 0) is 43.2 Å². The Hall–Kier alpha value is -2.22. The van der Waals surface area contributed by atoms with Crippen LogP contribution in [0.25, 0.3) is 6.08 Å². The summed E-state index contributed by atoms with van der Waals surface area (Å²) < 4.78 is 5.26. The lowest BCUT2D eigenvalue weighted by Gasteiger charge is -2.30. The molecule has 0 radical (unpaired) electrons. The first-order valence-corrected chi connectivity index (χ1v) is 8.37. The Morgan fingerprint density at radius 3 is 2.35 bits per heavy atom. The largest absolute Gasteiger partial charge is 0.497 e. The van der Waals surface area contributed by atoms with Crippen molar-refractivity contribution < 1.29 is 4.74 Å². The second-order valence-corrected chi connectivity index (χ2v) is 5.80. The van der Waals surface area contributed by atoms with Crippen LogP contribution in [0.5, 0.6) is 5.75 Å². The lowest BCUT2D eigenvalue weighted by Crippen LogP contribution is -2.33. The summed E-state index contributed by atoms with van der Waals surface area (Å²) in [4.78, 5) is 2.45. The van der Waals surface area contributed by atoms with Crippen LogP contribution in [0.4, 0.5) is 5.69 Å². The highest BCUT2D eigenvalue weighted by Gasteiger charge is 2.12. The summed E-state index contributed by atoms with van der Waals surface area (Å²) in [6.45, 7) is 5.44. The number of nitrogens with zero attached hydrogens (tertiary/aromatic N) is 1. The van der Waals surface area contributed by atoms with E-state index in [1.807, 2.05) is 18.2 Å². The lowest BCUT2D eigenvalue weighted by atomic mass is 10.1. The quantitative estimate of drug-likeness (QED) is 0.647. The Morgan fingerprint density at radius 2 is 1.74 bits per heavy atom. The van der Waals surface area contributed by atoms with Crippen molar-refractivity contribution in [2.75, 3.05) is 18.6 Å². The van der Waals surface area contributed by atoms with Gasteiger partial charge in [0.05, 0.1) is 7.11 Å². The zero-order chi connectivity index (χ0) is 16.5. The number of ether oxygens (including phenoxy) is 1. The van der Waals surface area contributed by atoms with E-state index < -0.39 is 0 Å². The van der Waals surface area contributed by atoms with E-state index in [0.717, 1.165) is 12.3 Å². The van der Waals surface area contributed by atoms with Gasteiger partial charge in [-0.15, -0.1) is 0 Å². The van der Waals surface area contributed by atoms with Gasteiger partial charge < -0.3 is 9.64 Å². The van der Waals surface area contributed by atoms with Gasteiger partial charge in [-0.25, -0.2) is 0 Å². The van der Waals surface area contributed by atoms with Crippen molar-refractivity contribution in [2.24, 2.45) is 0 Å². The maximum atomic E-state index is 5.26. The Labute approximate surface area is 140 Å². The third kappa shape index (κ3) is 5.17. The van der Waals surface area contributed by atoms with Gasteiger partial charge in [-0.3, -0.25) is 0 Å². The second-order valence-electron chi connectivity index (χ2n) is 5.80. The van der Waals surface area contributed by atoms with Gasteiger partial charge in [0.25, 0.3) is 0 Å². The van der Waals surface area contributed by atoms with Gasteiger partial charge in [0.15, 0.2) is 0 Å². The zero-order valence-corrected chi connectivity index (χ0v) is 14.4. The monoisotopic (exact) mass is 309 g/mol. The van der Waals surface area contributed by atoms with Crippen LogP contribution in [-0.4, -0.2) is 19.7 Å². The van der Waals surface area contributed by atoms with Gasteiger partial charge in [-0.2, -0.15) is 0 Å². The average molecular weight is 309 g/mol. The average Bonchev–Trinajstić information content (AvgIpc) is 2.60. The molecular weight excluding hydrogens is 282 g/mol. The molecule has 1 atom stereocenters. The molecule has 23 heavy (non-hydrogen) atoms. The van der Waals surface area contributed by atoms with E-state index in [1.165, 1.54) is 24.1 Å². The predicted molar refractivity (Wildman–Crippen MR) is 100 cm³/mol. The second kappa shape index (κ2) is 9.04. The first kappa shape index (κ1) is 17.1. The Morgan fingerprint density at radius 1 is 1.04 bits per heavy atom. The Kier molecular flexibility index (Phi) is 6.74. The number of anilines is 1. The Balaban J connectivity index is 2.11. The first-order valence-electron chi connectivity index (χ1n) is 8.37. The van der Waals surface area contributed by atoms with Crippen LogP contribution in [0.1, 0.15) is 32.3 Å².